The Bertz CT molecular complexity index is 612. The number of aromatic amines is 1. The quantitative estimate of drug-likeness (QED) is 0.679. The third-order valence-electron chi connectivity index (χ3n) is 2.38. The molecule has 5 heteroatoms. The summed E-state index contributed by atoms with van der Waals surface area (Å²) in [7, 11) is 0. The Labute approximate surface area is 91.2 Å². The van der Waals surface area contributed by atoms with Crippen LogP contribution in [0.1, 0.15) is 5.56 Å². The molecule has 0 saturated carbocycles. The van der Waals surface area contributed by atoms with Gasteiger partial charge in [0.25, 0.3) is 5.56 Å². The number of nitrogen functional groups attached to an aromatic ring is 1. The number of hydrogen-bond acceptors (Lipinski definition) is 3. The zero-order valence-corrected chi connectivity index (χ0v) is 8.73. The molecular formula is C11H11N3O2. The zero-order valence-electron chi connectivity index (χ0n) is 8.73. The second kappa shape index (κ2) is 3.69. The van der Waals surface area contributed by atoms with Crippen LogP contribution < -0.4 is 17.0 Å². The van der Waals surface area contributed by atoms with E-state index in [9.17, 15) is 9.59 Å². The normalized spacial score (nSPS) is 10.3. The fourth-order valence-corrected chi connectivity index (χ4v) is 1.43. The maximum absolute atomic E-state index is 11.5. The van der Waals surface area contributed by atoms with Gasteiger partial charge in [-0.1, -0.05) is 6.07 Å². The molecule has 2 rings (SSSR count). The smallest absolute Gasteiger partial charge is 0.332 e. The number of anilines is 1. The Kier molecular flexibility index (Phi) is 2.36. The molecule has 0 aliphatic heterocycles. The van der Waals surface area contributed by atoms with Gasteiger partial charge in [0.05, 0.1) is 5.69 Å². The lowest BCUT2D eigenvalue weighted by Crippen LogP contribution is -2.32. The summed E-state index contributed by atoms with van der Waals surface area (Å²) in [5.41, 5.74) is 6.79. The third-order valence-corrected chi connectivity index (χ3v) is 2.38. The largest absolute Gasteiger partial charge is 0.398 e. The molecule has 0 fully saturated rings. The van der Waals surface area contributed by atoms with E-state index in [0.717, 1.165) is 10.1 Å². The molecular weight excluding hydrogens is 206 g/mol. The highest BCUT2D eigenvalue weighted by Gasteiger charge is 2.04. The Balaban J connectivity index is 2.73. The summed E-state index contributed by atoms with van der Waals surface area (Å²) in [5.74, 6) is 0. The molecule has 5 nitrogen and oxygen atoms in total. The van der Waals surface area contributed by atoms with Crippen molar-refractivity contribution >= 4 is 5.69 Å². The summed E-state index contributed by atoms with van der Waals surface area (Å²) < 4.78 is 1.04. The van der Waals surface area contributed by atoms with Crippen molar-refractivity contribution in [2.24, 2.45) is 0 Å². The summed E-state index contributed by atoms with van der Waals surface area (Å²) in [5, 5.41) is 0. The molecule has 3 N–H and O–H groups in total. The lowest BCUT2D eigenvalue weighted by atomic mass is 10.2. The summed E-state index contributed by atoms with van der Waals surface area (Å²) >= 11 is 0. The van der Waals surface area contributed by atoms with Gasteiger partial charge in [0.15, 0.2) is 0 Å². The average molecular weight is 217 g/mol. The average Bonchev–Trinajstić information content (AvgIpc) is 2.23. The number of aromatic nitrogens is 2. The van der Waals surface area contributed by atoms with Crippen LogP contribution in [-0.4, -0.2) is 9.55 Å². The van der Waals surface area contributed by atoms with Crippen LogP contribution in [-0.2, 0) is 0 Å². The number of nitrogens with two attached hydrogens (primary N) is 1. The minimum atomic E-state index is -0.476. The van der Waals surface area contributed by atoms with Crippen molar-refractivity contribution in [3.05, 3.63) is 56.9 Å². The lowest BCUT2D eigenvalue weighted by Gasteiger charge is -2.06. The molecule has 0 radical (unpaired) electrons. The number of aryl methyl sites for hydroxylation is 1. The summed E-state index contributed by atoms with van der Waals surface area (Å²) in [6.07, 6.45) is 1.32. The molecule has 0 aliphatic carbocycles. The van der Waals surface area contributed by atoms with Gasteiger partial charge >= 0.3 is 5.69 Å². The molecule has 0 unspecified atom stereocenters. The first-order valence-corrected chi connectivity index (χ1v) is 4.77. The highest BCUT2D eigenvalue weighted by molar-refractivity contribution is 5.53. The van der Waals surface area contributed by atoms with Gasteiger partial charge in [0.1, 0.15) is 0 Å². The minimum Gasteiger partial charge on any atom is -0.398 e. The predicted octanol–water partition coefficient (Wildman–Crippen LogP) is 0.416. The van der Waals surface area contributed by atoms with Crippen LogP contribution in [0.4, 0.5) is 5.69 Å². The van der Waals surface area contributed by atoms with E-state index in [0.29, 0.717) is 11.4 Å². The van der Waals surface area contributed by atoms with Gasteiger partial charge in [-0.2, -0.15) is 0 Å². The molecule has 0 aliphatic rings. The summed E-state index contributed by atoms with van der Waals surface area (Å²) in [6, 6.07) is 6.34. The number of H-pyrrole nitrogens is 1. The fourth-order valence-electron chi connectivity index (χ4n) is 1.43. The first-order chi connectivity index (χ1) is 7.59. The van der Waals surface area contributed by atoms with Gasteiger partial charge in [-0.25, -0.2) is 9.36 Å². The van der Waals surface area contributed by atoms with E-state index < -0.39 is 5.69 Å². The van der Waals surface area contributed by atoms with Gasteiger partial charge < -0.3 is 10.7 Å². The van der Waals surface area contributed by atoms with Crippen molar-refractivity contribution < 1.29 is 0 Å². The molecule has 0 atom stereocenters. The van der Waals surface area contributed by atoms with E-state index in [-0.39, 0.29) is 5.56 Å². The molecule has 1 heterocycles. The maximum Gasteiger partial charge on any atom is 0.332 e. The molecule has 0 saturated heterocycles. The minimum absolute atomic E-state index is 0.382. The van der Waals surface area contributed by atoms with Crippen LogP contribution in [0.5, 0.6) is 0 Å². The number of hydrogen-bond donors (Lipinski definition) is 2. The number of rotatable bonds is 1. The highest BCUT2D eigenvalue weighted by Crippen LogP contribution is 2.13. The Morgan fingerprint density at radius 1 is 1.25 bits per heavy atom. The second-order valence-electron chi connectivity index (χ2n) is 3.50. The van der Waals surface area contributed by atoms with Crippen molar-refractivity contribution in [2.45, 2.75) is 6.92 Å². The van der Waals surface area contributed by atoms with Gasteiger partial charge in [0, 0.05) is 18.0 Å². The maximum atomic E-state index is 11.5. The van der Waals surface area contributed by atoms with E-state index in [1.807, 2.05) is 6.92 Å². The monoisotopic (exact) mass is 217 g/mol. The Morgan fingerprint density at radius 2 is 2.00 bits per heavy atom. The van der Waals surface area contributed by atoms with Crippen molar-refractivity contribution in [2.75, 3.05) is 5.73 Å². The van der Waals surface area contributed by atoms with E-state index in [1.54, 1.807) is 18.2 Å². The van der Waals surface area contributed by atoms with Crippen LogP contribution in [0.3, 0.4) is 0 Å². The SMILES string of the molecule is Cc1ccc(-n2c(=O)cc[nH]c2=O)cc1N. The number of nitrogens with zero attached hydrogens (tertiary/aromatic N) is 1. The standard InChI is InChI=1S/C11H11N3O2/c1-7-2-3-8(6-9(7)12)14-10(15)4-5-13-11(14)16/h2-6H,12H2,1H3,(H,13,16). The fraction of sp³-hybridized carbons (Fsp3) is 0.0909. The number of nitrogens with one attached hydrogen (secondary N) is 1. The van der Waals surface area contributed by atoms with Crippen molar-refractivity contribution in [1.82, 2.24) is 9.55 Å². The predicted molar refractivity (Wildman–Crippen MR) is 61.8 cm³/mol. The van der Waals surface area contributed by atoms with E-state index in [1.165, 1.54) is 12.3 Å². The Hall–Kier alpha value is -2.30. The van der Waals surface area contributed by atoms with Crippen molar-refractivity contribution in [1.29, 1.82) is 0 Å². The molecule has 0 spiro atoms. The van der Waals surface area contributed by atoms with Crippen LogP contribution in [0.25, 0.3) is 5.69 Å². The lowest BCUT2D eigenvalue weighted by molar-refractivity contribution is 0.875. The third kappa shape index (κ3) is 1.63. The topological polar surface area (TPSA) is 80.9 Å². The molecule has 82 valence electrons. The van der Waals surface area contributed by atoms with Gasteiger partial charge in [-0.05, 0) is 24.6 Å². The van der Waals surface area contributed by atoms with Crippen molar-refractivity contribution in [3.8, 4) is 5.69 Å². The molecule has 1 aromatic heterocycles. The summed E-state index contributed by atoms with van der Waals surface area (Å²) in [4.78, 5) is 25.5. The van der Waals surface area contributed by atoms with Crippen LogP contribution in [0.2, 0.25) is 0 Å². The molecule has 2 aromatic rings. The van der Waals surface area contributed by atoms with Gasteiger partial charge in [-0.3, -0.25) is 4.79 Å². The molecule has 16 heavy (non-hydrogen) atoms. The number of benzene rings is 1. The van der Waals surface area contributed by atoms with E-state index in [4.69, 9.17) is 5.73 Å². The zero-order chi connectivity index (χ0) is 11.7. The van der Waals surface area contributed by atoms with Gasteiger partial charge in [0.2, 0.25) is 0 Å². The van der Waals surface area contributed by atoms with Gasteiger partial charge in [-0.15, -0.1) is 0 Å². The second-order valence-corrected chi connectivity index (χ2v) is 3.50. The van der Waals surface area contributed by atoms with Crippen LogP contribution in [0, 0.1) is 6.92 Å². The summed E-state index contributed by atoms with van der Waals surface area (Å²) in [6.45, 7) is 1.86. The first-order valence-electron chi connectivity index (χ1n) is 4.77. The van der Waals surface area contributed by atoms with Crippen LogP contribution >= 0.6 is 0 Å². The molecule has 0 bridgehead atoms. The Morgan fingerprint density at radius 3 is 2.62 bits per heavy atom. The van der Waals surface area contributed by atoms with E-state index in [2.05, 4.69) is 4.98 Å². The first kappa shape index (κ1) is 10.2. The van der Waals surface area contributed by atoms with Crippen LogP contribution in [0.15, 0.2) is 40.1 Å². The molecule has 1 aromatic carbocycles. The van der Waals surface area contributed by atoms with Crippen molar-refractivity contribution in [3.63, 3.8) is 0 Å². The molecule has 0 amide bonds. The highest BCUT2D eigenvalue weighted by atomic mass is 16.2. The van der Waals surface area contributed by atoms with E-state index >= 15 is 0 Å².